The van der Waals surface area contributed by atoms with Gasteiger partial charge in [0.2, 0.25) is 0 Å². The lowest BCUT2D eigenvalue weighted by Crippen LogP contribution is -2.55. The molecule has 23 heavy (non-hydrogen) atoms. The van der Waals surface area contributed by atoms with Gasteiger partial charge in [-0.1, -0.05) is 0 Å². The predicted molar refractivity (Wildman–Crippen MR) is 67.4 cm³/mol. The SMILES string of the molecule is CO[C@@H]1C(=O)[C@@H](F)[C@]2(CO2)C[C@H]1[C@@]1(C)O[C@@H]1CCOC(F)(F)F. The van der Waals surface area contributed by atoms with Gasteiger partial charge in [-0.25, -0.2) is 4.39 Å². The van der Waals surface area contributed by atoms with Crippen molar-refractivity contribution in [3.05, 3.63) is 0 Å². The van der Waals surface area contributed by atoms with Gasteiger partial charge in [-0.2, -0.15) is 0 Å². The van der Waals surface area contributed by atoms with Crippen molar-refractivity contribution in [2.45, 2.75) is 55.7 Å². The van der Waals surface area contributed by atoms with Gasteiger partial charge in [-0.05, 0) is 13.3 Å². The van der Waals surface area contributed by atoms with Gasteiger partial charge in [0.15, 0.2) is 12.0 Å². The molecule has 0 unspecified atom stereocenters. The zero-order valence-electron chi connectivity index (χ0n) is 12.7. The lowest BCUT2D eigenvalue weighted by atomic mass is 9.70. The van der Waals surface area contributed by atoms with Gasteiger partial charge in [0, 0.05) is 19.4 Å². The monoisotopic (exact) mass is 342 g/mol. The number of alkyl halides is 4. The number of ketones is 1. The molecule has 0 aromatic carbocycles. The van der Waals surface area contributed by atoms with Crippen LogP contribution in [0.1, 0.15) is 19.8 Å². The first-order valence-electron chi connectivity index (χ1n) is 7.36. The van der Waals surface area contributed by atoms with Gasteiger partial charge in [0.1, 0.15) is 11.7 Å². The van der Waals surface area contributed by atoms with Gasteiger partial charge >= 0.3 is 6.36 Å². The number of carbonyl (C=O) groups excluding carboxylic acids is 1. The van der Waals surface area contributed by atoms with Crippen LogP contribution in [0.5, 0.6) is 0 Å². The lowest BCUT2D eigenvalue weighted by molar-refractivity contribution is -0.324. The van der Waals surface area contributed by atoms with Crippen molar-refractivity contribution in [2.24, 2.45) is 5.92 Å². The summed E-state index contributed by atoms with van der Waals surface area (Å²) in [5, 5.41) is 0. The second kappa shape index (κ2) is 5.37. The number of Topliss-reactive ketones (excluding diaryl/α,β-unsaturated/α-hetero) is 1. The average Bonchev–Trinajstić information content (AvgIpc) is 3.34. The summed E-state index contributed by atoms with van der Waals surface area (Å²) in [6.07, 6.45) is -7.63. The Morgan fingerprint density at radius 2 is 2.04 bits per heavy atom. The molecule has 0 N–H and O–H groups in total. The molecule has 3 rings (SSSR count). The molecular formula is C14H18F4O5. The van der Waals surface area contributed by atoms with Gasteiger partial charge in [-0.15, -0.1) is 13.2 Å². The molecule has 2 aliphatic heterocycles. The molecule has 0 aromatic heterocycles. The number of epoxide rings is 2. The van der Waals surface area contributed by atoms with E-state index >= 15 is 0 Å². The molecular weight excluding hydrogens is 324 g/mol. The summed E-state index contributed by atoms with van der Waals surface area (Å²) in [5.41, 5.74) is -1.96. The van der Waals surface area contributed by atoms with E-state index in [9.17, 15) is 22.4 Å². The summed E-state index contributed by atoms with van der Waals surface area (Å²) < 4.78 is 69.7. The van der Waals surface area contributed by atoms with E-state index in [-0.39, 0.29) is 19.4 Å². The molecule has 3 fully saturated rings. The Balaban J connectivity index is 1.65. The van der Waals surface area contributed by atoms with Gasteiger partial charge < -0.3 is 14.2 Å². The molecule has 0 aromatic rings. The lowest BCUT2D eigenvalue weighted by Gasteiger charge is -2.37. The van der Waals surface area contributed by atoms with E-state index in [0.717, 1.165) is 0 Å². The molecule has 0 bridgehead atoms. The molecule has 1 spiro atoms. The average molecular weight is 342 g/mol. The third kappa shape index (κ3) is 2.99. The molecule has 2 heterocycles. The number of rotatable bonds is 5. The number of hydrogen-bond donors (Lipinski definition) is 0. The third-order valence-corrected chi connectivity index (χ3v) is 5.05. The van der Waals surface area contributed by atoms with Crippen LogP contribution in [0, 0.1) is 5.92 Å². The predicted octanol–water partition coefficient (Wildman–Crippen LogP) is 1.78. The smallest absolute Gasteiger partial charge is 0.373 e. The second-order valence-corrected chi connectivity index (χ2v) is 6.46. The number of carbonyl (C=O) groups is 1. The zero-order chi connectivity index (χ0) is 17.0. The quantitative estimate of drug-likeness (QED) is 0.563. The fraction of sp³-hybridized carbons (Fsp3) is 0.929. The first-order valence-corrected chi connectivity index (χ1v) is 7.36. The summed E-state index contributed by atoms with van der Waals surface area (Å²) in [7, 11) is 1.31. The summed E-state index contributed by atoms with van der Waals surface area (Å²) in [4.78, 5) is 12.1. The van der Waals surface area contributed by atoms with Crippen LogP contribution in [0.4, 0.5) is 17.6 Å². The minimum Gasteiger partial charge on any atom is -0.373 e. The fourth-order valence-corrected chi connectivity index (χ4v) is 3.55. The van der Waals surface area contributed by atoms with Crippen LogP contribution in [-0.2, 0) is 23.7 Å². The Labute approximate surface area is 130 Å². The van der Waals surface area contributed by atoms with E-state index in [4.69, 9.17) is 14.2 Å². The highest BCUT2D eigenvalue weighted by atomic mass is 19.4. The van der Waals surface area contributed by atoms with Gasteiger partial charge in [0.25, 0.3) is 0 Å². The van der Waals surface area contributed by atoms with Crippen molar-refractivity contribution in [2.75, 3.05) is 20.3 Å². The Morgan fingerprint density at radius 1 is 1.39 bits per heavy atom. The van der Waals surface area contributed by atoms with Crippen LogP contribution in [0.15, 0.2) is 0 Å². The molecule has 0 amide bonds. The van der Waals surface area contributed by atoms with Crippen LogP contribution in [0.3, 0.4) is 0 Å². The molecule has 2 saturated heterocycles. The maximum atomic E-state index is 14.1. The van der Waals surface area contributed by atoms with E-state index in [1.54, 1.807) is 6.92 Å². The fourth-order valence-electron chi connectivity index (χ4n) is 3.55. The Morgan fingerprint density at radius 3 is 2.57 bits per heavy atom. The van der Waals surface area contributed by atoms with Crippen LogP contribution < -0.4 is 0 Å². The van der Waals surface area contributed by atoms with E-state index in [2.05, 4.69) is 4.74 Å². The maximum absolute atomic E-state index is 14.1. The molecule has 132 valence electrons. The highest BCUT2D eigenvalue weighted by Gasteiger charge is 2.70. The van der Waals surface area contributed by atoms with Crippen LogP contribution >= 0.6 is 0 Å². The zero-order valence-corrected chi connectivity index (χ0v) is 12.7. The second-order valence-electron chi connectivity index (χ2n) is 6.46. The van der Waals surface area contributed by atoms with Crippen molar-refractivity contribution in [1.82, 2.24) is 0 Å². The first kappa shape index (κ1) is 17.1. The molecule has 3 aliphatic rings. The van der Waals surface area contributed by atoms with Crippen molar-refractivity contribution in [1.29, 1.82) is 0 Å². The number of ether oxygens (including phenoxy) is 4. The molecule has 9 heteroatoms. The maximum Gasteiger partial charge on any atom is 0.522 e. The molecule has 0 radical (unpaired) electrons. The van der Waals surface area contributed by atoms with Crippen molar-refractivity contribution >= 4 is 5.78 Å². The van der Waals surface area contributed by atoms with Crippen molar-refractivity contribution in [3.63, 3.8) is 0 Å². The Hall–Kier alpha value is -0.770. The molecule has 1 saturated carbocycles. The van der Waals surface area contributed by atoms with E-state index in [1.165, 1.54) is 7.11 Å². The standard InChI is InChI=1S/C14H18F4O5/c1-12(8(23-12)3-4-21-14(16,17)18)7-5-13(6-22-13)11(15)9(19)10(7)20-2/h7-8,10-11H,3-6H2,1-2H3/t7-,8-,10+,11-,12-,13-/m1/s1. The van der Waals surface area contributed by atoms with Crippen LogP contribution in [-0.4, -0.2) is 62.1 Å². The molecule has 1 aliphatic carbocycles. The molecule has 6 atom stereocenters. The van der Waals surface area contributed by atoms with Gasteiger partial charge in [-0.3, -0.25) is 9.53 Å². The van der Waals surface area contributed by atoms with Crippen LogP contribution in [0.2, 0.25) is 0 Å². The highest BCUT2D eigenvalue weighted by Crippen LogP contribution is 2.55. The van der Waals surface area contributed by atoms with E-state index in [0.29, 0.717) is 0 Å². The summed E-state index contributed by atoms with van der Waals surface area (Å²) >= 11 is 0. The largest absolute Gasteiger partial charge is 0.522 e. The van der Waals surface area contributed by atoms with Crippen molar-refractivity contribution in [3.8, 4) is 0 Å². The third-order valence-electron chi connectivity index (χ3n) is 5.05. The summed E-state index contributed by atoms with van der Waals surface area (Å²) in [6, 6.07) is 0. The van der Waals surface area contributed by atoms with E-state index < -0.39 is 54.3 Å². The van der Waals surface area contributed by atoms with Crippen LogP contribution in [0.25, 0.3) is 0 Å². The molecule has 5 nitrogen and oxygen atoms in total. The first-order chi connectivity index (χ1) is 10.6. The normalized spacial score (nSPS) is 46.3. The summed E-state index contributed by atoms with van der Waals surface area (Å²) in [6.45, 7) is 1.32. The topological polar surface area (TPSA) is 60.6 Å². The minimum atomic E-state index is -4.69. The Bertz CT molecular complexity index is 492. The summed E-state index contributed by atoms with van der Waals surface area (Å²) in [5.74, 6) is -1.16. The Kier molecular flexibility index (Phi) is 3.98. The van der Waals surface area contributed by atoms with Gasteiger partial charge in [0.05, 0.1) is 24.9 Å². The van der Waals surface area contributed by atoms with Crippen molar-refractivity contribution < 1.29 is 41.3 Å². The van der Waals surface area contributed by atoms with E-state index in [1.807, 2.05) is 0 Å². The minimum absolute atomic E-state index is 0.0318. The highest BCUT2D eigenvalue weighted by molar-refractivity contribution is 5.90. The number of halogens is 4. The number of methoxy groups -OCH3 is 1. The number of hydrogen-bond acceptors (Lipinski definition) is 5.